The first-order chi connectivity index (χ1) is 9.97. The van der Waals surface area contributed by atoms with Gasteiger partial charge < -0.3 is 10.1 Å². The molecule has 114 valence electrons. The monoisotopic (exact) mass is 304 g/mol. The summed E-state index contributed by atoms with van der Waals surface area (Å²) in [4.78, 5) is 4.85. The van der Waals surface area contributed by atoms with E-state index in [1.807, 2.05) is 18.2 Å². The summed E-state index contributed by atoms with van der Waals surface area (Å²) < 4.78 is 5.51. The summed E-state index contributed by atoms with van der Waals surface area (Å²) in [7, 11) is 1.71. The Bertz CT molecular complexity index is 586. The normalized spacial score (nSPS) is 13.2. The first-order valence-electron chi connectivity index (χ1n) is 7.29. The van der Waals surface area contributed by atoms with Crippen molar-refractivity contribution in [3.05, 3.63) is 45.9 Å². The van der Waals surface area contributed by atoms with E-state index in [9.17, 15) is 0 Å². The van der Waals surface area contributed by atoms with E-state index in [1.165, 1.54) is 0 Å². The lowest BCUT2D eigenvalue weighted by Crippen LogP contribution is -2.23. The number of hydrogen-bond acceptors (Lipinski definition) is 4. The summed E-state index contributed by atoms with van der Waals surface area (Å²) in [5.74, 6) is 0.899. The largest absolute Gasteiger partial charge is 0.496 e. The van der Waals surface area contributed by atoms with Gasteiger partial charge in [-0.05, 0) is 12.6 Å². The predicted octanol–water partition coefficient (Wildman–Crippen LogP) is 4.15. The molecule has 1 N–H and O–H groups in total. The Hall–Kier alpha value is -1.39. The number of para-hydroxylation sites is 1. The van der Waals surface area contributed by atoms with E-state index in [-0.39, 0.29) is 11.5 Å². The van der Waals surface area contributed by atoms with Gasteiger partial charge in [-0.1, -0.05) is 45.9 Å². The predicted molar refractivity (Wildman–Crippen MR) is 89.3 cm³/mol. The lowest BCUT2D eigenvalue weighted by molar-refractivity contribution is 0.404. The molecule has 0 bridgehead atoms. The Balaban J connectivity index is 2.41. The van der Waals surface area contributed by atoms with Gasteiger partial charge in [0.1, 0.15) is 10.8 Å². The van der Waals surface area contributed by atoms with E-state index >= 15 is 0 Å². The summed E-state index contributed by atoms with van der Waals surface area (Å²) >= 11 is 1.71. The standard InChI is InChI=1S/C17H24N2OS/c1-6-18-15(12-9-7-8-10-13(12)20-5)16-19-14(11-21-16)17(2,3)4/h7-11,15,18H,6H2,1-5H3. The molecular weight excluding hydrogens is 280 g/mol. The van der Waals surface area contributed by atoms with Gasteiger partial charge in [0.15, 0.2) is 0 Å². The lowest BCUT2D eigenvalue weighted by Gasteiger charge is -2.19. The van der Waals surface area contributed by atoms with Gasteiger partial charge in [-0.3, -0.25) is 0 Å². The Morgan fingerprint density at radius 3 is 2.57 bits per heavy atom. The van der Waals surface area contributed by atoms with Crippen molar-refractivity contribution in [2.45, 2.75) is 39.2 Å². The van der Waals surface area contributed by atoms with Gasteiger partial charge in [-0.25, -0.2) is 4.98 Å². The number of hydrogen-bond donors (Lipinski definition) is 1. The Morgan fingerprint density at radius 1 is 1.29 bits per heavy atom. The zero-order valence-corrected chi connectivity index (χ0v) is 14.3. The average molecular weight is 304 g/mol. The highest BCUT2D eigenvalue weighted by Crippen LogP contribution is 2.33. The smallest absolute Gasteiger partial charge is 0.124 e. The number of ether oxygens (including phenoxy) is 1. The summed E-state index contributed by atoms with van der Waals surface area (Å²) in [6, 6.07) is 8.21. The fraction of sp³-hybridized carbons (Fsp3) is 0.471. The van der Waals surface area contributed by atoms with Gasteiger partial charge in [0, 0.05) is 16.4 Å². The van der Waals surface area contributed by atoms with Crippen LogP contribution in [0.15, 0.2) is 29.6 Å². The third-order valence-electron chi connectivity index (χ3n) is 3.40. The second-order valence-corrected chi connectivity index (χ2v) is 6.94. The molecule has 0 amide bonds. The molecule has 0 spiro atoms. The Morgan fingerprint density at radius 2 is 2.00 bits per heavy atom. The summed E-state index contributed by atoms with van der Waals surface area (Å²) in [5.41, 5.74) is 2.35. The highest BCUT2D eigenvalue weighted by molar-refractivity contribution is 7.09. The molecular formula is C17H24N2OS. The summed E-state index contributed by atoms with van der Waals surface area (Å²) in [5, 5.41) is 6.77. The van der Waals surface area contributed by atoms with Crippen LogP contribution in [0.1, 0.15) is 50.0 Å². The van der Waals surface area contributed by atoms with Crippen LogP contribution in [0.25, 0.3) is 0 Å². The minimum atomic E-state index is 0.0757. The lowest BCUT2D eigenvalue weighted by atomic mass is 9.93. The fourth-order valence-corrected chi connectivity index (χ4v) is 3.34. The van der Waals surface area contributed by atoms with E-state index in [4.69, 9.17) is 9.72 Å². The molecule has 3 nitrogen and oxygen atoms in total. The molecule has 21 heavy (non-hydrogen) atoms. The Kier molecular flexibility index (Phi) is 5.01. The number of nitrogens with zero attached hydrogens (tertiary/aromatic N) is 1. The molecule has 2 rings (SSSR count). The van der Waals surface area contributed by atoms with Gasteiger partial charge in [0.25, 0.3) is 0 Å². The summed E-state index contributed by atoms with van der Waals surface area (Å²) in [6.07, 6.45) is 0. The minimum absolute atomic E-state index is 0.0757. The van der Waals surface area contributed by atoms with E-state index in [1.54, 1.807) is 18.4 Å². The number of methoxy groups -OCH3 is 1. The van der Waals surface area contributed by atoms with Crippen LogP contribution in [0.5, 0.6) is 5.75 Å². The molecule has 0 radical (unpaired) electrons. The van der Waals surface area contributed by atoms with Crippen molar-refractivity contribution in [1.29, 1.82) is 0 Å². The maximum atomic E-state index is 5.51. The van der Waals surface area contributed by atoms with Gasteiger partial charge >= 0.3 is 0 Å². The molecule has 0 aliphatic rings. The number of aromatic nitrogens is 1. The van der Waals surface area contributed by atoms with Crippen LogP contribution >= 0.6 is 11.3 Å². The maximum Gasteiger partial charge on any atom is 0.124 e. The molecule has 0 fully saturated rings. The van der Waals surface area contributed by atoms with Gasteiger partial charge in [-0.2, -0.15) is 0 Å². The topological polar surface area (TPSA) is 34.2 Å². The molecule has 2 aromatic rings. The van der Waals surface area contributed by atoms with Crippen molar-refractivity contribution in [2.75, 3.05) is 13.7 Å². The third kappa shape index (κ3) is 3.63. The molecule has 1 aromatic carbocycles. The molecule has 0 aliphatic heterocycles. The van der Waals surface area contributed by atoms with Crippen molar-refractivity contribution in [1.82, 2.24) is 10.3 Å². The van der Waals surface area contributed by atoms with Crippen LogP contribution in [0.2, 0.25) is 0 Å². The fourth-order valence-electron chi connectivity index (χ4n) is 2.20. The van der Waals surface area contributed by atoms with Gasteiger partial charge in [0.05, 0.1) is 18.8 Å². The van der Waals surface area contributed by atoms with Crippen LogP contribution < -0.4 is 10.1 Å². The minimum Gasteiger partial charge on any atom is -0.496 e. The molecule has 0 saturated heterocycles. The first-order valence-corrected chi connectivity index (χ1v) is 8.17. The van der Waals surface area contributed by atoms with Crippen LogP contribution in [0.4, 0.5) is 0 Å². The average Bonchev–Trinajstić information content (AvgIpc) is 2.94. The van der Waals surface area contributed by atoms with Crippen molar-refractivity contribution in [2.24, 2.45) is 0 Å². The Labute approximate surface area is 131 Å². The molecule has 1 aromatic heterocycles. The van der Waals surface area contributed by atoms with E-state index < -0.39 is 0 Å². The van der Waals surface area contributed by atoms with Crippen molar-refractivity contribution in [3.8, 4) is 5.75 Å². The van der Waals surface area contributed by atoms with Crippen molar-refractivity contribution < 1.29 is 4.74 Å². The zero-order valence-electron chi connectivity index (χ0n) is 13.4. The molecule has 1 unspecified atom stereocenters. The van der Waals surface area contributed by atoms with Crippen molar-refractivity contribution >= 4 is 11.3 Å². The second-order valence-electron chi connectivity index (χ2n) is 6.05. The number of thiazole rings is 1. The van der Waals surface area contributed by atoms with E-state index in [2.05, 4.69) is 44.5 Å². The van der Waals surface area contributed by atoms with Crippen molar-refractivity contribution in [3.63, 3.8) is 0 Å². The zero-order chi connectivity index (χ0) is 15.5. The van der Waals surface area contributed by atoms with Crippen LogP contribution in [-0.4, -0.2) is 18.6 Å². The van der Waals surface area contributed by atoms with Crippen LogP contribution in [0, 0.1) is 0 Å². The molecule has 0 saturated carbocycles. The quantitative estimate of drug-likeness (QED) is 0.901. The molecule has 0 aliphatic carbocycles. The number of benzene rings is 1. The molecule has 4 heteroatoms. The van der Waals surface area contributed by atoms with E-state index in [0.29, 0.717) is 0 Å². The SMILES string of the molecule is CCNC(c1nc(C(C)(C)C)cs1)c1ccccc1OC. The third-order valence-corrected chi connectivity index (χ3v) is 4.31. The summed E-state index contributed by atoms with van der Waals surface area (Å²) in [6.45, 7) is 9.57. The van der Waals surface area contributed by atoms with E-state index in [0.717, 1.165) is 28.6 Å². The van der Waals surface area contributed by atoms with Crippen LogP contribution in [-0.2, 0) is 5.41 Å². The first kappa shape index (κ1) is 16.0. The highest BCUT2D eigenvalue weighted by Gasteiger charge is 2.23. The van der Waals surface area contributed by atoms with Gasteiger partial charge in [-0.15, -0.1) is 11.3 Å². The highest BCUT2D eigenvalue weighted by atomic mass is 32.1. The van der Waals surface area contributed by atoms with Gasteiger partial charge in [0.2, 0.25) is 0 Å². The van der Waals surface area contributed by atoms with Crippen LogP contribution in [0.3, 0.4) is 0 Å². The number of nitrogens with one attached hydrogen (secondary N) is 1. The second kappa shape index (κ2) is 6.58. The number of rotatable bonds is 5. The maximum absolute atomic E-state index is 5.51. The molecule has 1 heterocycles. The molecule has 1 atom stereocenters.